The number of aliphatic hydroxyl groups is 1. The molecule has 0 aromatic heterocycles. The second-order valence-corrected chi connectivity index (χ2v) is 11.3. The fraction of sp³-hybridized carbons (Fsp3) is 0.467. The highest BCUT2D eigenvalue weighted by Gasteiger charge is 2.63. The predicted octanol–water partition coefficient (Wildman–Crippen LogP) is 2.84. The molecule has 2 aliphatic carbocycles. The molecule has 2 aromatic rings. The minimum absolute atomic E-state index is 0.0351. The number of fused-ring (bicyclic) bond motifs is 6. The minimum atomic E-state index is -3.19. The van der Waals surface area contributed by atoms with Gasteiger partial charge in [0, 0.05) is 36.1 Å². The molecule has 7 rings (SSSR count). The highest BCUT2D eigenvalue weighted by molar-refractivity contribution is 6.01. The van der Waals surface area contributed by atoms with Crippen LogP contribution in [0.5, 0.6) is 0 Å². The van der Waals surface area contributed by atoms with Gasteiger partial charge in [0.1, 0.15) is 12.1 Å². The van der Waals surface area contributed by atoms with Crippen molar-refractivity contribution in [2.75, 3.05) is 6.54 Å². The van der Waals surface area contributed by atoms with E-state index in [1.165, 1.54) is 0 Å². The summed E-state index contributed by atoms with van der Waals surface area (Å²) in [6, 6.07) is 12.2. The summed E-state index contributed by atoms with van der Waals surface area (Å²) in [5.41, 5.74) is -0.151. The van der Waals surface area contributed by atoms with Crippen molar-refractivity contribution in [1.82, 2.24) is 15.5 Å². The number of benzene rings is 2. The standard InChI is InChI=1S/C30H30F2N4O4/c31-29(32)15-19-11-12-24(29)25(27(38)35-18(16-33)14-17-6-5-13-34-26(17)37)36(19)28(39)30(40)22-9-3-1-7-20(22)21-8-2-4-10-23(21)30/h1-4,7-10,17-19,24-25,40H,5-6,11-15H2,(H,34,37)(H,35,38)/t17-,18-,19+,24+,25-/m0/s1. The summed E-state index contributed by atoms with van der Waals surface area (Å²) in [6.45, 7) is 0.547. The molecule has 40 heavy (non-hydrogen) atoms. The van der Waals surface area contributed by atoms with Gasteiger partial charge in [-0.15, -0.1) is 0 Å². The molecule has 3 aliphatic heterocycles. The number of nitrogens with one attached hydrogen (secondary N) is 2. The van der Waals surface area contributed by atoms with E-state index in [-0.39, 0.29) is 25.2 Å². The molecule has 1 saturated carbocycles. The lowest BCUT2D eigenvalue weighted by atomic mass is 9.70. The van der Waals surface area contributed by atoms with Crippen molar-refractivity contribution in [3.05, 3.63) is 59.7 Å². The number of halogens is 2. The Labute approximate surface area is 230 Å². The Bertz CT molecular complexity index is 1380. The maximum absolute atomic E-state index is 15.2. The number of carbonyl (C=O) groups is 3. The van der Waals surface area contributed by atoms with Crippen molar-refractivity contribution < 1.29 is 28.3 Å². The lowest BCUT2D eigenvalue weighted by Gasteiger charge is -2.54. The van der Waals surface area contributed by atoms with Crippen LogP contribution < -0.4 is 10.6 Å². The van der Waals surface area contributed by atoms with Gasteiger partial charge in [-0.05, 0) is 43.2 Å². The van der Waals surface area contributed by atoms with E-state index in [0.29, 0.717) is 35.2 Å². The molecule has 3 amide bonds. The van der Waals surface area contributed by atoms with E-state index in [9.17, 15) is 24.8 Å². The van der Waals surface area contributed by atoms with E-state index in [1.54, 1.807) is 48.5 Å². The minimum Gasteiger partial charge on any atom is -0.372 e. The number of alkyl halides is 2. The van der Waals surface area contributed by atoms with Crippen LogP contribution in [-0.2, 0) is 20.0 Å². The van der Waals surface area contributed by atoms with Gasteiger partial charge in [0.25, 0.3) is 11.8 Å². The summed E-state index contributed by atoms with van der Waals surface area (Å²) in [5, 5.41) is 27.2. The van der Waals surface area contributed by atoms with Crippen molar-refractivity contribution in [2.24, 2.45) is 11.8 Å². The molecule has 10 heteroatoms. The van der Waals surface area contributed by atoms with E-state index in [1.807, 2.05) is 6.07 Å². The third-order valence-electron chi connectivity index (χ3n) is 9.06. The van der Waals surface area contributed by atoms with Gasteiger partial charge in [0.15, 0.2) is 5.60 Å². The predicted molar refractivity (Wildman–Crippen MR) is 139 cm³/mol. The zero-order chi connectivity index (χ0) is 28.2. The normalized spacial score (nSPS) is 28.1. The number of carbonyl (C=O) groups excluding carboxylic acids is 3. The number of amides is 3. The smallest absolute Gasteiger partial charge is 0.264 e. The maximum atomic E-state index is 15.2. The maximum Gasteiger partial charge on any atom is 0.264 e. The Morgan fingerprint density at radius 1 is 1.10 bits per heavy atom. The molecule has 208 valence electrons. The molecule has 3 heterocycles. The molecule has 0 unspecified atom stereocenters. The van der Waals surface area contributed by atoms with Crippen molar-refractivity contribution in [2.45, 2.75) is 68.2 Å². The average molecular weight is 549 g/mol. The molecule has 2 aromatic carbocycles. The molecule has 5 aliphatic rings. The van der Waals surface area contributed by atoms with Crippen molar-refractivity contribution in [3.63, 3.8) is 0 Å². The highest BCUT2D eigenvalue weighted by atomic mass is 19.3. The van der Waals surface area contributed by atoms with Gasteiger partial charge in [0.2, 0.25) is 11.8 Å². The van der Waals surface area contributed by atoms with Crippen LogP contribution >= 0.6 is 0 Å². The van der Waals surface area contributed by atoms with Gasteiger partial charge in [0.05, 0.1) is 12.0 Å². The third kappa shape index (κ3) is 3.98. The van der Waals surface area contributed by atoms with Gasteiger partial charge in [-0.25, -0.2) is 8.78 Å². The van der Waals surface area contributed by atoms with E-state index < -0.39 is 59.7 Å². The van der Waals surface area contributed by atoms with Crippen LogP contribution in [0.15, 0.2) is 48.5 Å². The molecule has 2 bridgehead atoms. The topological polar surface area (TPSA) is 123 Å². The Morgan fingerprint density at radius 3 is 2.35 bits per heavy atom. The van der Waals surface area contributed by atoms with Crippen molar-refractivity contribution in [1.29, 1.82) is 5.26 Å². The molecular formula is C30H30F2N4O4. The second-order valence-electron chi connectivity index (χ2n) is 11.3. The Kier molecular flexibility index (Phi) is 6.37. The number of nitriles is 1. The SMILES string of the molecule is N#C[C@H](C[C@@H]1CCCNC1=O)NC(=O)[C@@H]1[C@H]2CC[C@H](CC2(F)F)N1C(=O)C1(O)c2ccccc2-c2ccccc21. The van der Waals surface area contributed by atoms with E-state index in [0.717, 1.165) is 11.3 Å². The second kappa shape index (κ2) is 9.66. The quantitative estimate of drug-likeness (QED) is 0.531. The number of hydrogen-bond donors (Lipinski definition) is 3. The van der Waals surface area contributed by atoms with Crippen LogP contribution in [0, 0.1) is 23.2 Å². The Balaban J connectivity index is 1.35. The molecule has 0 spiro atoms. The van der Waals surface area contributed by atoms with E-state index in [4.69, 9.17) is 0 Å². The van der Waals surface area contributed by atoms with Crippen LogP contribution in [0.4, 0.5) is 8.78 Å². The first-order valence-corrected chi connectivity index (χ1v) is 13.8. The first-order chi connectivity index (χ1) is 19.2. The van der Waals surface area contributed by atoms with E-state index in [2.05, 4.69) is 10.6 Å². The summed E-state index contributed by atoms with van der Waals surface area (Å²) in [4.78, 5) is 41.5. The molecule has 4 fully saturated rings. The molecular weight excluding hydrogens is 518 g/mol. The fourth-order valence-corrected chi connectivity index (χ4v) is 7.17. The summed E-state index contributed by atoms with van der Waals surface area (Å²) in [6.07, 6.45) is 1.06. The van der Waals surface area contributed by atoms with E-state index >= 15 is 8.78 Å². The number of hydrogen-bond acceptors (Lipinski definition) is 5. The summed E-state index contributed by atoms with van der Waals surface area (Å²) in [5.74, 6) is -7.03. The molecule has 5 atom stereocenters. The van der Waals surface area contributed by atoms with Gasteiger partial charge in [-0.2, -0.15) is 5.26 Å². The summed E-state index contributed by atoms with van der Waals surface area (Å²) in [7, 11) is 0. The summed E-state index contributed by atoms with van der Waals surface area (Å²) >= 11 is 0. The lowest BCUT2D eigenvalue weighted by molar-refractivity contribution is -0.201. The van der Waals surface area contributed by atoms with Crippen LogP contribution in [0.3, 0.4) is 0 Å². The largest absolute Gasteiger partial charge is 0.372 e. The van der Waals surface area contributed by atoms with Gasteiger partial charge >= 0.3 is 0 Å². The highest BCUT2D eigenvalue weighted by Crippen LogP contribution is 2.53. The first kappa shape index (κ1) is 26.4. The van der Waals surface area contributed by atoms with Gasteiger partial charge in [-0.3, -0.25) is 14.4 Å². The average Bonchev–Trinajstić information content (AvgIpc) is 3.22. The molecule has 3 N–H and O–H groups in total. The third-order valence-corrected chi connectivity index (χ3v) is 9.06. The molecule has 0 radical (unpaired) electrons. The van der Waals surface area contributed by atoms with Crippen LogP contribution in [0.25, 0.3) is 11.1 Å². The van der Waals surface area contributed by atoms with Gasteiger partial charge in [-0.1, -0.05) is 48.5 Å². The number of nitrogens with zero attached hydrogens (tertiary/aromatic N) is 2. The lowest BCUT2D eigenvalue weighted by Crippen LogP contribution is -2.70. The zero-order valence-corrected chi connectivity index (χ0v) is 21.8. The first-order valence-electron chi connectivity index (χ1n) is 13.8. The monoisotopic (exact) mass is 548 g/mol. The van der Waals surface area contributed by atoms with Crippen molar-refractivity contribution >= 4 is 17.7 Å². The fourth-order valence-electron chi connectivity index (χ4n) is 7.17. The van der Waals surface area contributed by atoms with Gasteiger partial charge < -0.3 is 20.6 Å². The van der Waals surface area contributed by atoms with Crippen LogP contribution in [0.1, 0.15) is 49.7 Å². The Morgan fingerprint density at radius 2 is 1.75 bits per heavy atom. The molecule has 3 saturated heterocycles. The summed E-state index contributed by atoms with van der Waals surface area (Å²) < 4.78 is 30.5. The van der Waals surface area contributed by atoms with Crippen molar-refractivity contribution in [3.8, 4) is 17.2 Å². The number of rotatable bonds is 5. The zero-order valence-electron chi connectivity index (χ0n) is 21.8. The number of piperidine rings is 3. The molecule has 8 nitrogen and oxygen atoms in total. The van der Waals surface area contributed by atoms with Crippen LogP contribution in [0.2, 0.25) is 0 Å². The Hall–Kier alpha value is -3.84. The van der Waals surface area contributed by atoms with Crippen LogP contribution in [-0.4, -0.2) is 58.3 Å².